The largest absolute Gasteiger partial charge is 0.454 e. The Balaban J connectivity index is 2.70. The number of unbranched alkanes of at least 4 members (excludes halogenated alkanes) is 27. The molecule has 11 heteroatoms. The SMILES string of the molecule is CCCCC/C=C\C/C=C\C/C=C\C/C=C\CCCCC(O)C(=O)NC(COC1OC(CO)C(O)C(O)C1OC(=O)CCCCCCCCCCC/C=C\C/C=C\CCCCC)C(O)/C=C/CCCCCCCCCCCC. The van der Waals surface area contributed by atoms with Crippen LogP contribution in [0.5, 0.6) is 0 Å². The smallest absolute Gasteiger partial charge is 0.306 e. The molecule has 1 amide bonds. The molecule has 8 atom stereocenters. The lowest BCUT2D eigenvalue weighted by Crippen LogP contribution is -2.61. The average molecular weight is 1100 g/mol. The van der Waals surface area contributed by atoms with E-state index < -0.39 is 67.4 Å². The second-order valence-electron chi connectivity index (χ2n) is 21.8. The van der Waals surface area contributed by atoms with Crippen LogP contribution in [0, 0.1) is 0 Å². The summed E-state index contributed by atoms with van der Waals surface area (Å²) in [6, 6.07) is -1.05. The number of nitrogens with one attached hydrogen (secondary N) is 1. The van der Waals surface area contributed by atoms with E-state index in [1.165, 1.54) is 116 Å². The molecule has 450 valence electrons. The minimum Gasteiger partial charge on any atom is -0.454 e. The molecule has 78 heavy (non-hydrogen) atoms. The van der Waals surface area contributed by atoms with Gasteiger partial charge in [-0.05, 0) is 103 Å². The predicted molar refractivity (Wildman–Crippen MR) is 324 cm³/mol. The molecule has 1 aliphatic heterocycles. The van der Waals surface area contributed by atoms with E-state index in [1.807, 2.05) is 6.08 Å². The zero-order chi connectivity index (χ0) is 56.8. The first-order valence-electron chi connectivity index (χ1n) is 31.9. The second-order valence-corrected chi connectivity index (χ2v) is 21.8. The molecule has 1 saturated heterocycles. The molecule has 1 fully saturated rings. The molecule has 1 aliphatic rings. The van der Waals surface area contributed by atoms with Crippen molar-refractivity contribution in [3.63, 3.8) is 0 Å². The van der Waals surface area contributed by atoms with Crippen LogP contribution in [0.15, 0.2) is 85.1 Å². The van der Waals surface area contributed by atoms with E-state index >= 15 is 0 Å². The molecule has 11 nitrogen and oxygen atoms in total. The van der Waals surface area contributed by atoms with Crippen LogP contribution in [0.3, 0.4) is 0 Å². The Labute approximate surface area is 476 Å². The van der Waals surface area contributed by atoms with Gasteiger partial charge in [-0.25, -0.2) is 0 Å². The minimum atomic E-state index is -1.62. The molecule has 0 aromatic rings. The zero-order valence-electron chi connectivity index (χ0n) is 49.8. The Kier molecular flexibility index (Phi) is 50.8. The van der Waals surface area contributed by atoms with Crippen LogP contribution in [0.1, 0.15) is 265 Å². The van der Waals surface area contributed by atoms with Crippen molar-refractivity contribution in [1.82, 2.24) is 5.32 Å². The lowest BCUT2D eigenvalue weighted by molar-refractivity contribution is -0.305. The van der Waals surface area contributed by atoms with Crippen LogP contribution in [-0.4, -0.2) is 99.6 Å². The standard InChI is InChI=1S/C67H117NO10/c1-4-7-10-13-16-19-22-25-27-29-31-33-35-37-40-43-46-49-52-55-62(72)78-65-64(74)63(73)61(56-69)77-67(65)76-57-58(59(70)53-50-47-44-41-38-24-21-18-15-12-9-6-3)68-66(75)60(71)54-51-48-45-42-39-36-34-32-30-28-26-23-20-17-14-11-8-5-2/h16-17,19-20,25-28,32,34,39,42,50,53,58-61,63-65,67,69-71,73-74H,4-15,18,21-24,29-31,33,35-38,40-41,43-49,51-52,54-57H2,1-3H3,(H,68,75)/b19-16-,20-17-,27-25-,28-26-,34-32-,42-39-,53-50+. The number of carbonyl (C=O) groups is 2. The lowest BCUT2D eigenvalue weighted by Gasteiger charge is -2.41. The van der Waals surface area contributed by atoms with Gasteiger partial charge in [0.15, 0.2) is 12.4 Å². The molecule has 0 aliphatic carbocycles. The van der Waals surface area contributed by atoms with E-state index in [9.17, 15) is 35.1 Å². The summed E-state index contributed by atoms with van der Waals surface area (Å²) in [7, 11) is 0. The molecule has 1 rings (SSSR count). The number of carbonyl (C=O) groups excluding carboxylic acids is 2. The van der Waals surface area contributed by atoms with E-state index in [0.717, 1.165) is 103 Å². The fraction of sp³-hybridized carbons (Fsp3) is 0.761. The third-order valence-electron chi connectivity index (χ3n) is 14.5. The van der Waals surface area contributed by atoms with Crippen LogP contribution in [0.2, 0.25) is 0 Å². The maximum absolute atomic E-state index is 13.4. The van der Waals surface area contributed by atoms with Crippen molar-refractivity contribution < 1.29 is 49.3 Å². The number of allylic oxidation sites excluding steroid dienone is 13. The van der Waals surface area contributed by atoms with Crippen molar-refractivity contribution in [3.8, 4) is 0 Å². The number of hydrogen-bond acceptors (Lipinski definition) is 10. The number of ether oxygens (including phenoxy) is 3. The van der Waals surface area contributed by atoms with E-state index in [1.54, 1.807) is 6.08 Å². The molecule has 0 radical (unpaired) electrons. The van der Waals surface area contributed by atoms with Crippen molar-refractivity contribution in [1.29, 1.82) is 0 Å². The number of aliphatic hydroxyl groups is 5. The Morgan fingerprint density at radius 1 is 0.500 bits per heavy atom. The summed E-state index contributed by atoms with van der Waals surface area (Å²) in [5, 5.41) is 57.0. The van der Waals surface area contributed by atoms with E-state index in [0.29, 0.717) is 12.8 Å². The summed E-state index contributed by atoms with van der Waals surface area (Å²) in [6.45, 7) is 5.71. The third kappa shape index (κ3) is 41.8. The molecule has 8 unspecified atom stereocenters. The molecule has 0 saturated carbocycles. The maximum atomic E-state index is 13.4. The van der Waals surface area contributed by atoms with Crippen molar-refractivity contribution in [2.75, 3.05) is 13.2 Å². The van der Waals surface area contributed by atoms with Crippen molar-refractivity contribution in [3.05, 3.63) is 85.1 Å². The Morgan fingerprint density at radius 3 is 1.35 bits per heavy atom. The third-order valence-corrected chi connectivity index (χ3v) is 14.5. The highest BCUT2D eigenvalue weighted by molar-refractivity contribution is 5.80. The first-order valence-corrected chi connectivity index (χ1v) is 31.9. The number of aliphatic hydroxyl groups excluding tert-OH is 5. The van der Waals surface area contributed by atoms with Crippen molar-refractivity contribution in [2.24, 2.45) is 0 Å². The highest BCUT2D eigenvalue weighted by Gasteiger charge is 2.47. The summed E-state index contributed by atoms with van der Waals surface area (Å²) in [5.41, 5.74) is 0. The summed E-state index contributed by atoms with van der Waals surface area (Å²) in [6.07, 6.45) is 60.4. The number of esters is 1. The van der Waals surface area contributed by atoms with Gasteiger partial charge >= 0.3 is 5.97 Å². The highest BCUT2D eigenvalue weighted by atomic mass is 16.7. The van der Waals surface area contributed by atoms with Gasteiger partial charge in [0.05, 0.1) is 25.4 Å². The van der Waals surface area contributed by atoms with Crippen LogP contribution >= 0.6 is 0 Å². The fourth-order valence-corrected chi connectivity index (χ4v) is 9.43. The molecule has 0 spiro atoms. The molecule has 6 N–H and O–H groups in total. The summed E-state index contributed by atoms with van der Waals surface area (Å²) >= 11 is 0. The van der Waals surface area contributed by atoms with Crippen LogP contribution in [0.25, 0.3) is 0 Å². The normalized spacial score (nSPS) is 19.5. The van der Waals surface area contributed by atoms with Gasteiger partial charge in [-0.3, -0.25) is 9.59 Å². The van der Waals surface area contributed by atoms with Crippen molar-refractivity contribution in [2.45, 2.75) is 314 Å². The van der Waals surface area contributed by atoms with Gasteiger partial charge in [-0.2, -0.15) is 0 Å². The molecule has 1 heterocycles. The number of amides is 1. The van der Waals surface area contributed by atoms with Crippen molar-refractivity contribution >= 4 is 11.9 Å². The summed E-state index contributed by atoms with van der Waals surface area (Å²) in [5.74, 6) is -1.23. The van der Waals surface area contributed by atoms with Gasteiger partial charge in [0.2, 0.25) is 5.91 Å². The highest BCUT2D eigenvalue weighted by Crippen LogP contribution is 2.26. The first kappa shape index (κ1) is 72.9. The minimum absolute atomic E-state index is 0.111. The maximum Gasteiger partial charge on any atom is 0.306 e. The van der Waals surface area contributed by atoms with Crippen LogP contribution < -0.4 is 5.32 Å². The Morgan fingerprint density at radius 2 is 0.885 bits per heavy atom. The first-order chi connectivity index (χ1) is 38.2. The molecule has 0 aromatic heterocycles. The molecule has 0 bridgehead atoms. The van der Waals surface area contributed by atoms with Crippen LogP contribution in [0.4, 0.5) is 0 Å². The number of rotatable bonds is 53. The van der Waals surface area contributed by atoms with E-state index in [2.05, 4.69) is 99.0 Å². The average Bonchev–Trinajstić information content (AvgIpc) is 3.44. The van der Waals surface area contributed by atoms with Gasteiger partial charge in [-0.15, -0.1) is 0 Å². The Bertz CT molecular complexity index is 1590. The quantitative estimate of drug-likeness (QED) is 0.0195. The van der Waals surface area contributed by atoms with Gasteiger partial charge in [0, 0.05) is 6.42 Å². The zero-order valence-corrected chi connectivity index (χ0v) is 49.8. The van der Waals surface area contributed by atoms with Gasteiger partial charge in [0.1, 0.15) is 24.4 Å². The van der Waals surface area contributed by atoms with Gasteiger partial charge in [-0.1, -0.05) is 241 Å². The van der Waals surface area contributed by atoms with Gasteiger partial charge in [0.25, 0.3) is 0 Å². The van der Waals surface area contributed by atoms with E-state index in [-0.39, 0.29) is 19.4 Å². The van der Waals surface area contributed by atoms with Crippen LogP contribution in [-0.2, 0) is 23.8 Å². The molecular weight excluding hydrogens is 979 g/mol. The monoisotopic (exact) mass is 1100 g/mol. The fourth-order valence-electron chi connectivity index (χ4n) is 9.43. The topological polar surface area (TPSA) is 175 Å². The second kappa shape index (κ2) is 54.4. The molecular formula is C67H117NO10. The lowest BCUT2D eigenvalue weighted by atomic mass is 9.99. The van der Waals surface area contributed by atoms with Gasteiger partial charge < -0.3 is 45.1 Å². The Hall–Kier alpha value is -3.16. The van der Waals surface area contributed by atoms with E-state index in [4.69, 9.17) is 14.2 Å². The number of hydrogen-bond donors (Lipinski definition) is 6. The predicted octanol–water partition coefficient (Wildman–Crippen LogP) is 15.3. The summed E-state index contributed by atoms with van der Waals surface area (Å²) < 4.78 is 17.6. The molecule has 0 aromatic carbocycles. The summed E-state index contributed by atoms with van der Waals surface area (Å²) in [4.78, 5) is 26.6.